The summed E-state index contributed by atoms with van der Waals surface area (Å²) >= 11 is -0.408. The zero-order valence-corrected chi connectivity index (χ0v) is 23.1. The van der Waals surface area contributed by atoms with Gasteiger partial charge >= 0.3 is 0 Å². The molecule has 0 fully saturated rings. The van der Waals surface area contributed by atoms with E-state index >= 15 is 0 Å². The van der Waals surface area contributed by atoms with Crippen molar-refractivity contribution in [2.24, 2.45) is 12.4 Å². The molecule has 0 unspecified atom stereocenters. The van der Waals surface area contributed by atoms with Crippen LogP contribution in [0.4, 0.5) is 0 Å². The zero-order valence-electron chi connectivity index (χ0n) is 18.8. The standard InChI is InChI=1S/C18H45N3P3S.ClH/c1-10-22(11-2,12-3)19-25(20-23(13-4,14-5)15-6)21-24(16-7,17-8)18-9;/h10-18H2,1-9H3;1H/q+1;/p-1. The lowest BCUT2D eigenvalue weighted by Gasteiger charge is -2.24. The van der Waals surface area contributed by atoms with Gasteiger partial charge in [0, 0.05) is 0 Å². The maximum absolute atomic E-state index is 5.48. The highest BCUT2D eigenvalue weighted by Crippen LogP contribution is 2.62. The first-order valence-corrected chi connectivity index (χ1v) is 18.3. The summed E-state index contributed by atoms with van der Waals surface area (Å²) in [5.41, 5.74) is 0. The maximum Gasteiger partial charge on any atom is 0.176 e. The number of hydrogen-bond donors (Lipinski definition) is 0. The molecule has 8 heteroatoms. The minimum atomic E-state index is -1.24. The minimum Gasteiger partial charge on any atom is -1.00 e. The fraction of sp³-hybridized carbons (Fsp3) is 1.00. The largest absolute Gasteiger partial charge is 1.00 e. The average molecular weight is 464 g/mol. The topological polar surface area (TPSA) is 37.1 Å². The Labute approximate surface area is 175 Å². The molecule has 0 aliphatic heterocycles. The van der Waals surface area contributed by atoms with E-state index in [1.807, 2.05) is 0 Å². The monoisotopic (exact) mass is 463 g/mol. The summed E-state index contributed by atoms with van der Waals surface area (Å²) in [4.78, 5) is 0. The van der Waals surface area contributed by atoms with E-state index in [9.17, 15) is 0 Å². The third-order valence-corrected chi connectivity index (χ3v) is 22.5. The van der Waals surface area contributed by atoms with E-state index in [0.717, 1.165) is 0 Å². The third-order valence-electron chi connectivity index (χ3n) is 6.04. The lowest BCUT2D eigenvalue weighted by molar-refractivity contribution is -0.00000618. The second-order valence-corrected chi connectivity index (χ2v) is 21.3. The molecule has 0 heterocycles. The maximum atomic E-state index is 5.48. The van der Waals surface area contributed by atoms with Crippen LogP contribution in [0, 0.1) is 0 Å². The van der Waals surface area contributed by atoms with Crippen molar-refractivity contribution in [1.29, 1.82) is 0 Å². The Morgan fingerprint density at radius 2 is 0.846 bits per heavy atom. The van der Waals surface area contributed by atoms with E-state index in [2.05, 4.69) is 62.3 Å². The van der Waals surface area contributed by atoms with Crippen molar-refractivity contribution >= 4 is 32.6 Å². The molecule has 26 heavy (non-hydrogen) atoms. The van der Waals surface area contributed by atoms with Gasteiger partial charge in [0.1, 0.15) is 7.41 Å². The molecule has 0 N–H and O–H groups in total. The van der Waals surface area contributed by atoms with Crippen LogP contribution in [0.15, 0.2) is 12.4 Å². The van der Waals surface area contributed by atoms with Gasteiger partial charge in [0.15, 0.2) is 11.1 Å². The first kappa shape index (κ1) is 29.5. The third kappa shape index (κ3) is 7.99. The molecule has 0 radical (unpaired) electrons. The molecule has 160 valence electrons. The fourth-order valence-corrected chi connectivity index (χ4v) is 16.2. The molecule has 0 aromatic rings. The van der Waals surface area contributed by atoms with Crippen molar-refractivity contribution in [2.45, 2.75) is 62.3 Å². The lowest BCUT2D eigenvalue weighted by Crippen LogP contribution is -3.00. The van der Waals surface area contributed by atoms with Gasteiger partial charge in [0.25, 0.3) is 0 Å². The lowest BCUT2D eigenvalue weighted by atomic mass is 10.9. The van der Waals surface area contributed by atoms with Gasteiger partial charge in [-0.15, -0.1) is 0 Å². The molecular formula is C18H45ClN3P3S. The van der Waals surface area contributed by atoms with Gasteiger partial charge in [-0.25, -0.2) is 8.30 Å². The molecule has 0 aromatic carbocycles. The Kier molecular flexibility index (Phi) is 16.3. The summed E-state index contributed by atoms with van der Waals surface area (Å²) < 4.78 is 16.4. The van der Waals surface area contributed by atoms with E-state index in [-0.39, 0.29) is 12.4 Å². The zero-order chi connectivity index (χ0) is 19.6. The molecule has 0 aliphatic rings. The molecule has 0 spiro atoms. The van der Waals surface area contributed by atoms with Crippen molar-refractivity contribution in [3.05, 3.63) is 0 Å². The Hall–Kier alpha value is 1.33. The first-order valence-electron chi connectivity index (χ1n) is 10.4. The summed E-state index contributed by atoms with van der Waals surface area (Å²) in [6.45, 7) is 21.0. The van der Waals surface area contributed by atoms with Gasteiger partial charge < -0.3 is 12.4 Å². The normalized spacial score (nSPS) is 12.7. The summed E-state index contributed by atoms with van der Waals surface area (Å²) in [5, 5.41) is 0. The Balaban J connectivity index is 0. The van der Waals surface area contributed by atoms with Crippen LogP contribution >= 0.6 is 21.5 Å². The molecule has 0 amide bonds. The highest BCUT2D eigenvalue weighted by atomic mass is 35.5. The SMILES string of the molecule is CCP(CC)(CC)=NS(=N[P+](CC)(CC)CC)N=P(CC)(CC)CC.[Cl-]. The molecule has 0 saturated heterocycles. The van der Waals surface area contributed by atoms with Crippen molar-refractivity contribution in [3.8, 4) is 0 Å². The van der Waals surface area contributed by atoms with Crippen molar-refractivity contribution in [2.75, 3.05) is 55.5 Å². The molecule has 0 atom stereocenters. The van der Waals surface area contributed by atoms with Crippen LogP contribution in [-0.4, -0.2) is 55.5 Å². The molecule has 0 saturated carbocycles. The number of halogens is 1. The second-order valence-electron chi connectivity index (χ2n) is 6.62. The van der Waals surface area contributed by atoms with E-state index in [4.69, 9.17) is 12.4 Å². The van der Waals surface area contributed by atoms with Crippen LogP contribution in [0.5, 0.6) is 0 Å². The Morgan fingerprint density at radius 3 is 1.04 bits per heavy atom. The van der Waals surface area contributed by atoms with Crippen LogP contribution in [-0.2, 0) is 11.1 Å². The van der Waals surface area contributed by atoms with Crippen LogP contribution in [0.1, 0.15) is 62.3 Å². The van der Waals surface area contributed by atoms with Crippen LogP contribution in [0.3, 0.4) is 0 Å². The molecule has 0 bridgehead atoms. The summed E-state index contributed by atoms with van der Waals surface area (Å²) in [6, 6.07) is 0. The van der Waals surface area contributed by atoms with Crippen molar-refractivity contribution in [1.82, 2.24) is 0 Å². The van der Waals surface area contributed by atoms with E-state index in [0.29, 0.717) is 0 Å². The Morgan fingerprint density at radius 1 is 0.577 bits per heavy atom. The van der Waals surface area contributed by atoms with Crippen molar-refractivity contribution in [3.63, 3.8) is 0 Å². The van der Waals surface area contributed by atoms with Crippen LogP contribution in [0.2, 0.25) is 0 Å². The minimum absolute atomic E-state index is 0. The highest BCUT2D eigenvalue weighted by molar-refractivity contribution is 7.97. The highest BCUT2D eigenvalue weighted by Gasteiger charge is 2.33. The molecule has 0 aromatic heterocycles. The quantitative estimate of drug-likeness (QED) is 0.359. The smallest absolute Gasteiger partial charge is 0.176 e. The van der Waals surface area contributed by atoms with E-state index < -0.39 is 32.6 Å². The van der Waals surface area contributed by atoms with Gasteiger partial charge in [0.2, 0.25) is 0 Å². The van der Waals surface area contributed by atoms with Gasteiger partial charge in [-0.05, 0) is 71.9 Å². The van der Waals surface area contributed by atoms with Gasteiger partial charge in [-0.2, -0.15) is 0 Å². The van der Waals surface area contributed by atoms with Crippen molar-refractivity contribution < 1.29 is 12.4 Å². The molecular weight excluding hydrogens is 419 g/mol. The predicted molar refractivity (Wildman–Crippen MR) is 130 cm³/mol. The number of nitrogens with zero attached hydrogens (tertiary/aromatic N) is 3. The Bertz CT molecular complexity index is 451. The van der Waals surface area contributed by atoms with Gasteiger partial charge in [-0.3, -0.25) is 0 Å². The van der Waals surface area contributed by atoms with Crippen LogP contribution < -0.4 is 12.4 Å². The molecule has 0 rings (SSSR count). The molecule has 3 nitrogen and oxygen atoms in total. The number of rotatable bonds is 12. The predicted octanol–water partition coefficient (Wildman–Crippen LogP) is 5.14. The summed E-state index contributed by atoms with van der Waals surface area (Å²) in [7, 11) is -3.73. The van der Waals surface area contributed by atoms with Gasteiger partial charge in [0.05, 0.1) is 18.5 Å². The summed E-state index contributed by atoms with van der Waals surface area (Å²) in [5.74, 6) is 0. The number of hydrogen-bond acceptors (Lipinski definition) is 1. The van der Waals surface area contributed by atoms with E-state index in [1.165, 1.54) is 55.5 Å². The van der Waals surface area contributed by atoms with Gasteiger partial charge in [-0.1, -0.05) is 45.7 Å². The first-order chi connectivity index (χ1) is 11.8. The summed E-state index contributed by atoms with van der Waals surface area (Å²) in [6.07, 6.45) is 10.9. The van der Waals surface area contributed by atoms with Crippen LogP contribution in [0.25, 0.3) is 0 Å². The van der Waals surface area contributed by atoms with E-state index in [1.54, 1.807) is 0 Å². The molecule has 0 aliphatic carbocycles. The second kappa shape index (κ2) is 14.3. The average Bonchev–Trinajstić information content (AvgIpc) is 2.68. The fourth-order valence-electron chi connectivity index (χ4n) is 3.05.